The molecule has 1 rings (SSSR count). The second-order valence-corrected chi connectivity index (χ2v) is 3.47. The van der Waals surface area contributed by atoms with Crippen LogP contribution in [0.3, 0.4) is 0 Å². The lowest BCUT2D eigenvalue weighted by Crippen LogP contribution is -2.34. The Morgan fingerprint density at radius 3 is 2.69 bits per heavy atom. The van der Waals surface area contributed by atoms with Crippen molar-refractivity contribution < 1.29 is 14.3 Å². The molecule has 2 N–H and O–H groups in total. The maximum absolute atomic E-state index is 10.8. The summed E-state index contributed by atoms with van der Waals surface area (Å²) in [5.41, 5.74) is 5.90. The van der Waals surface area contributed by atoms with Gasteiger partial charge in [0.2, 0.25) is 6.10 Å². The summed E-state index contributed by atoms with van der Waals surface area (Å²) in [4.78, 5) is 23.2. The van der Waals surface area contributed by atoms with Gasteiger partial charge in [-0.25, -0.2) is 0 Å². The summed E-state index contributed by atoms with van der Waals surface area (Å²) in [5.74, 6) is -0.368. The van der Waals surface area contributed by atoms with E-state index in [1.165, 1.54) is 0 Å². The molecule has 0 spiro atoms. The van der Waals surface area contributed by atoms with Gasteiger partial charge in [-0.05, 0) is 12.1 Å². The molecule has 1 unspecified atom stereocenters. The summed E-state index contributed by atoms with van der Waals surface area (Å²) in [6, 6.07) is 7.03. The molecule has 0 aliphatic rings. The molecule has 86 valence electrons. The van der Waals surface area contributed by atoms with Crippen molar-refractivity contribution >= 4 is 17.9 Å². The molecule has 5 nitrogen and oxygen atoms in total. The van der Waals surface area contributed by atoms with Crippen molar-refractivity contribution in [3.8, 4) is 5.75 Å². The lowest BCUT2D eigenvalue weighted by Gasteiger charge is -2.15. The number of amides is 1. The highest BCUT2D eigenvalue weighted by molar-refractivity contribution is 5.93. The predicted octanol–water partition coefficient (Wildman–Crippen LogP) is 0.184. The van der Waals surface area contributed by atoms with E-state index in [4.69, 9.17) is 10.5 Å². The summed E-state index contributed by atoms with van der Waals surface area (Å²) in [6.45, 7) is 0. The molecule has 0 saturated heterocycles. The van der Waals surface area contributed by atoms with Crippen molar-refractivity contribution in [1.29, 1.82) is 0 Å². The molecule has 16 heavy (non-hydrogen) atoms. The van der Waals surface area contributed by atoms with Crippen LogP contribution in [0.25, 0.3) is 0 Å². The van der Waals surface area contributed by atoms with Gasteiger partial charge in [-0.2, -0.15) is 0 Å². The Labute approximate surface area is 93.8 Å². The van der Waals surface area contributed by atoms with Crippen molar-refractivity contribution in [3.05, 3.63) is 24.3 Å². The number of carbonyl (C=O) groups excluding carboxylic acids is 2. The Morgan fingerprint density at radius 2 is 2.19 bits per heavy atom. The van der Waals surface area contributed by atoms with Gasteiger partial charge < -0.3 is 15.4 Å². The number of hydrogen-bond acceptors (Lipinski definition) is 4. The monoisotopic (exact) mass is 222 g/mol. The number of nitrogens with zero attached hydrogens (tertiary/aromatic N) is 1. The van der Waals surface area contributed by atoms with Crippen molar-refractivity contribution in [1.82, 2.24) is 0 Å². The van der Waals surface area contributed by atoms with Crippen molar-refractivity contribution in [2.45, 2.75) is 6.10 Å². The van der Waals surface area contributed by atoms with Crippen LogP contribution < -0.4 is 15.4 Å². The topological polar surface area (TPSA) is 72.6 Å². The molecule has 1 amide bonds. The summed E-state index contributed by atoms with van der Waals surface area (Å²) >= 11 is 0. The summed E-state index contributed by atoms with van der Waals surface area (Å²) in [7, 11) is 3.76. The molecular weight excluding hydrogens is 208 g/mol. The van der Waals surface area contributed by atoms with E-state index in [1.54, 1.807) is 18.2 Å². The first-order chi connectivity index (χ1) is 7.54. The summed E-state index contributed by atoms with van der Waals surface area (Å²) in [6.07, 6.45) is -0.859. The van der Waals surface area contributed by atoms with Crippen molar-refractivity contribution in [2.75, 3.05) is 19.0 Å². The highest BCUT2D eigenvalue weighted by Gasteiger charge is 2.15. The van der Waals surface area contributed by atoms with Crippen LogP contribution in [0.15, 0.2) is 24.3 Å². The van der Waals surface area contributed by atoms with Crippen LogP contribution in [0.1, 0.15) is 0 Å². The molecule has 0 bridgehead atoms. The summed E-state index contributed by atoms with van der Waals surface area (Å²) < 4.78 is 5.15. The van der Waals surface area contributed by atoms with Crippen molar-refractivity contribution in [3.63, 3.8) is 0 Å². The van der Waals surface area contributed by atoms with Gasteiger partial charge in [-0.15, -0.1) is 0 Å². The third-order valence-electron chi connectivity index (χ3n) is 2.00. The zero-order chi connectivity index (χ0) is 12.1. The molecule has 0 aromatic heterocycles. The zero-order valence-corrected chi connectivity index (χ0v) is 9.21. The number of anilines is 1. The second-order valence-electron chi connectivity index (χ2n) is 3.47. The van der Waals surface area contributed by atoms with Gasteiger partial charge in [-0.3, -0.25) is 9.59 Å². The van der Waals surface area contributed by atoms with Gasteiger partial charge in [0.05, 0.1) is 0 Å². The van der Waals surface area contributed by atoms with E-state index in [-0.39, 0.29) is 0 Å². The normalized spacial score (nSPS) is 11.6. The van der Waals surface area contributed by atoms with Gasteiger partial charge in [-0.1, -0.05) is 6.07 Å². The van der Waals surface area contributed by atoms with E-state index < -0.39 is 12.0 Å². The molecule has 5 heteroatoms. The number of carbonyl (C=O) groups is 2. The summed E-state index contributed by atoms with van der Waals surface area (Å²) in [5, 5.41) is 0. The molecular formula is C11H14N2O3. The number of aldehydes is 1. The smallest absolute Gasteiger partial charge is 0.266 e. The predicted molar refractivity (Wildman–Crippen MR) is 60.4 cm³/mol. The van der Waals surface area contributed by atoms with E-state index in [0.717, 1.165) is 5.69 Å². The van der Waals surface area contributed by atoms with Gasteiger partial charge in [0.1, 0.15) is 5.75 Å². The molecule has 0 fully saturated rings. The van der Waals surface area contributed by atoms with Gasteiger partial charge >= 0.3 is 0 Å². The highest BCUT2D eigenvalue weighted by Crippen LogP contribution is 2.19. The lowest BCUT2D eigenvalue weighted by atomic mass is 10.3. The SMILES string of the molecule is CN(C)c1cccc(OC(C=O)C(N)=O)c1. The van der Waals surface area contributed by atoms with E-state index >= 15 is 0 Å². The number of benzene rings is 1. The fourth-order valence-corrected chi connectivity index (χ4v) is 1.13. The average molecular weight is 222 g/mol. The Balaban J connectivity index is 2.84. The quantitative estimate of drug-likeness (QED) is 0.570. The fraction of sp³-hybridized carbons (Fsp3) is 0.273. The third kappa shape index (κ3) is 2.98. The Kier molecular flexibility index (Phi) is 3.88. The van der Waals surface area contributed by atoms with Crippen LogP contribution in [0.2, 0.25) is 0 Å². The molecule has 0 aliphatic carbocycles. The molecule has 0 radical (unpaired) electrons. The number of hydrogen-bond donors (Lipinski definition) is 1. The maximum atomic E-state index is 10.8. The molecule has 1 aromatic rings. The van der Waals surface area contributed by atoms with Crippen LogP contribution in [0, 0.1) is 0 Å². The molecule has 0 heterocycles. The number of primary amides is 1. The minimum absolute atomic E-state index is 0.380. The lowest BCUT2D eigenvalue weighted by molar-refractivity contribution is -0.130. The molecule has 1 aromatic carbocycles. The van der Waals surface area contributed by atoms with E-state index in [2.05, 4.69) is 0 Å². The average Bonchev–Trinajstić information content (AvgIpc) is 2.25. The van der Waals surface area contributed by atoms with Crippen LogP contribution in [0.5, 0.6) is 5.75 Å². The van der Waals surface area contributed by atoms with Crippen LogP contribution in [0.4, 0.5) is 5.69 Å². The van der Waals surface area contributed by atoms with Crippen LogP contribution in [-0.2, 0) is 9.59 Å². The first-order valence-electron chi connectivity index (χ1n) is 4.73. The van der Waals surface area contributed by atoms with E-state index in [9.17, 15) is 9.59 Å². The van der Waals surface area contributed by atoms with Gasteiger partial charge in [0.15, 0.2) is 6.29 Å². The van der Waals surface area contributed by atoms with Gasteiger partial charge in [0.25, 0.3) is 5.91 Å². The maximum Gasteiger partial charge on any atom is 0.266 e. The largest absolute Gasteiger partial charge is 0.473 e. The van der Waals surface area contributed by atoms with Crippen LogP contribution >= 0.6 is 0 Å². The third-order valence-corrected chi connectivity index (χ3v) is 2.00. The Morgan fingerprint density at radius 1 is 1.50 bits per heavy atom. The molecule has 0 aliphatic heterocycles. The highest BCUT2D eigenvalue weighted by atomic mass is 16.5. The van der Waals surface area contributed by atoms with Crippen LogP contribution in [-0.4, -0.2) is 32.4 Å². The fourth-order valence-electron chi connectivity index (χ4n) is 1.13. The Hall–Kier alpha value is -2.04. The standard InChI is InChI=1S/C11H14N2O3/c1-13(2)8-4-3-5-9(6-8)16-10(7-14)11(12)15/h3-7,10H,1-2H3,(H2,12,15). The first kappa shape index (κ1) is 12.0. The first-order valence-corrected chi connectivity index (χ1v) is 4.73. The van der Waals surface area contributed by atoms with E-state index in [1.807, 2.05) is 25.1 Å². The number of ether oxygens (including phenoxy) is 1. The van der Waals surface area contributed by atoms with E-state index in [0.29, 0.717) is 12.0 Å². The minimum atomic E-state index is -1.24. The number of rotatable bonds is 5. The molecule has 1 atom stereocenters. The second kappa shape index (κ2) is 5.16. The minimum Gasteiger partial charge on any atom is -0.473 e. The zero-order valence-electron chi connectivity index (χ0n) is 9.21. The Bertz CT molecular complexity index is 391. The number of nitrogens with two attached hydrogens (primary N) is 1. The van der Waals surface area contributed by atoms with Gasteiger partial charge in [0, 0.05) is 25.8 Å². The molecule has 0 saturated carbocycles. The van der Waals surface area contributed by atoms with Crippen molar-refractivity contribution in [2.24, 2.45) is 5.73 Å².